The Morgan fingerprint density at radius 2 is 2.07 bits per heavy atom. The lowest BCUT2D eigenvalue weighted by atomic mass is 10.1. The molecule has 0 heterocycles. The Balaban J connectivity index is 3.30. The Morgan fingerprint density at radius 3 is 2.53 bits per heavy atom. The molecule has 0 spiro atoms. The van der Waals surface area contributed by atoms with Gasteiger partial charge in [0.1, 0.15) is 6.10 Å². The number of nitro benzene ring substituents is 1. The number of alkyl halides is 2. The molecule has 0 saturated heterocycles. The van der Waals surface area contributed by atoms with E-state index in [-0.39, 0.29) is 5.02 Å². The second kappa shape index (κ2) is 4.50. The van der Waals surface area contributed by atoms with Crippen LogP contribution in [0.4, 0.5) is 14.5 Å². The molecule has 1 rings (SSSR count). The van der Waals surface area contributed by atoms with Gasteiger partial charge in [0, 0.05) is 6.07 Å². The van der Waals surface area contributed by atoms with Crippen molar-refractivity contribution in [3.63, 3.8) is 0 Å². The van der Waals surface area contributed by atoms with Gasteiger partial charge in [0.25, 0.3) is 12.1 Å². The van der Waals surface area contributed by atoms with Crippen LogP contribution in [0, 0.1) is 10.1 Å². The fourth-order valence-corrected chi connectivity index (χ4v) is 1.38. The third-order valence-electron chi connectivity index (χ3n) is 1.76. The number of benzene rings is 1. The summed E-state index contributed by atoms with van der Waals surface area (Å²) in [6, 6.07) is 3.46. The van der Waals surface area contributed by atoms with E-state index in [4.69, 9.17) is 16.7 Å². The number of hydrogen-bond acceptors (Lipinski definition) is 3. The van der Waals surface area contributed by atoms with Crippen molar-refractivity contribution in [2.75, 3.05) is 0 Å². The average molecular weight is 238 g/mol. The van der Waals surface area contributed by atoms with Crippen molar-refractivity contribution in [1.82, 2.24) is 0 Å². The summed E-state index contributed by atoms with van der Waals surface area (Å²) in [6.07, 6.45) is -5.37. The van der Waals surface area contributed by atoms with E-state index in [1.165, 1.54) is 12.1 Å². The summed E-state index contributed by atoms with van der Waals surface area (Å²) in [5.41, 5.74) is -1.17. The van der Waals surface area contributed by atoms with Gasteiger partial charge in [-0.3, -0.25) is 10.1 Å². The van der Waals surface area contributed by atoms with Crippen LogP contribution >= 0.6 is 11.6 Å². The van der Waals surface area contributed by atoms with Crippen molar-refractivity contribution in [2.24, 2.45) is 0 Å². The fraction of sp³-hybridized carbons (Fsp3) is 0.250. The summed E-state index contributed by atoms with van der Waals surface area (Å²) in [6.45, 7) is 0. The molecule has 0 saturated carbocycles. The molecule has 0 amide bonds. The van der Waals surface area contributed by atoms with Gasteiger partial charge < -0.3 is 5.11 Å². The van der Waals surface area contributed by atoms with E-state index in [2.05, 4.69) is 0 Å². The number of nitrogens with zero attached hydrogens (tertiary/aromatic N) is 1. The van der Waals surface area contributed by atoms with Crippen LogP contribution < -0.4 is 0 Å². The van der Waals surface area contributed by atoms with Gasteiger partial charge in [0.15, 0.2) is 0 Å². The number of halogens is 3. The van der Waals surface area contributed by atoms with Gasteiger partial charge >= 0.3 is 0 Å². The summed E-state index contributed by atoms with van der Waals surface area (Å²) in [7, 11) is 0. The van der Waals surface area contributed by atoms with Gasteiger partial charge in [-0.1, -0.05) is 17.7 Å². The van der Waals surface area contributed by atoms with Crippen LogP contribution in [0.2, 0.25) is 5.02 Å². The first-order valence-electron chi connectivity index (χ1n) is 3.84. The molecule has 4 nitrogen and oxygen atoms in total. The molecule has 1 aromatic rings. The molecule has 0 aliphatic heterocycles. The van der Waals surface area contributed by atoms with Gasteiger partial charge in [0.05, 0.1) is 15.5 Å². The van der Waals surface area contributed by atoms with Crippen molar-refractivity contribution < 1.29 is 18.8 Å². The number of nitro groups is 1. The monoisotopic (exact) mass is 237 g/mol. The summed E-state index contributed by atoms with van der Waals surface area (Å²) < 4.78 is 24.4. The van der Waals surface area contributed by atoms with Crippen molar-refractivity contribution in [1.29, 1.82) is 0 Å². The molecule has 0 aliphatic rings. The second-order valence-corrected chi connectivity index (χ2v) is 3.12. The van der Waals surface area contributed by atoms with Crippen LogP contribution in [0.25, 0.3) is 0 Å². The number of aliphatic hydroxyl groups is 1. The quantitative estimate of drug-likeness (QED) is 0.649. The van der Waals surface area contributed by atoms with E-state index in [0.717, 1.165) is 6.07 Å². The SMILES string of the molecule is O=[N+]([O-])c1cccc(Cl)c1C(O)C(F)F. The molecule has 1 atom stereocenters. The molecule has 82 valence electrons. The maximum Gasteiger partial charge on any atom is 0.276 e. The molecular formula is C8H6ClF2NO3. The summed E-state index contributed by atoms with van der Waals surface area (Å²) >= 11 is 5.51. The normalized spacial score (nSPS) is 12.9. The van der Waals surface area contributed by atoms with Crippen molar-refractivity contribution in [3.8, 4) is 0 Å². The number of hydrogen-bond donors (Lipinski definition) is 1. The minimum atomic E-state index is -3.12. The van der Waals surface area contributed by atoms with Crippen molar-refractivity contribution in [3.05, 3.63) is 38.9 Å². The van der Waals surface area contributed by atoms with Crippen LogP contribution in [0.1, 0.15) is 11.7 Å². The lowest BCUT2D eigenvalue weighted by Crippen LogP contribution is -2.11. The molecule has 1 aromatic carbocycles. The lowest BCUT2D eigenvalue weighted by Gasteiger charge is -2.11. The Kier molecular flexibility index (Phi) is 3.54. The second-order valence-electron chi connectivity index (χ2n) is 2.71. The molecule has 0 bridgehead atoms. The standard InChI is InChI=1S/C8H6ClF2NO3/c9-4-2-1-3-5(12(14)15)6(4)7(13)8(10)11/h1-3,7-8,13H. The lowest BCUT2D eigenvalue weighted by molar-refractivity contribution is -0.386. The summed E-state index contributed by atoms with van der Waals surface area (Å²) in [5, 5.41) is 19.3. The van der Waals surface area contributed by atoms with Gasteiger partial charge in [0.2, 0.25) is 0 Å². The fourth-order valence-electron chi connectivity index (χ4n) is 1.10. The Bertz CT molecular complexity index is 386. The molecule has 7 heteroatoms. The van der Waals surface area contributed by atoms with Crippen LogP contribution in [0.5, 0.6) is 0 Å². The van der Waals surface area contributed by atoms with Crippen molar-refractivity contribution in [2.45, 2.75) is 12.5 Å². The third-order valence-corrected chi connectivity index (χ3v) is 2.09. The van der Waals surface area contributed by atoms with E-state index >= 15 is 0 Å². The molecule has 1 N–H and O–H groups in total. The predicted octanol–water partition coefficient (Wildman–Crippen LogP) is 2.55. The number of rotatable bonds is 3. The van der Waals surface area contributed by atoms with Gasteiger partial charge in [-0.25, -0.2) is 8.78 Å². The first kappa shape index (κ1) is 11.8. The molecule has 0 aromatic heterocycles. The maximum atomic E-state index is 12.2. The van der Waals surface area contributed by atoms with E-state index in [1.54, 1.807) is 0 Å². The molecule has 0 aliphatic carbocycles. The van der Waals surface area contributed by atoms with E-state index in [0.29, 0.717) is 0 Å². The predicted molar refractivity (Wildman–Crippen MR) is 49.1 cm³/mol. The third kappa shape index (κ3) is 2.40. The highest BCUT2D eigenvalue weighted by Crippen LogP contribution is 2.34. The zero-order valence-electron chi connectivity index (χ0n) is 7.23. The minimum absolute atomic E-state index is 0.253. The van der Waals surface area contributed by atoms with Crippen LogP contribution in [-0.4, -0.2) is 16.5 Å². The molecule has 15 heavy (non-hydrogen) atoms. The average Bonchev–Trinajstić information content (AvgIpc) is 2.16. The highest BCUT2D eigenvalue weighted by Gasteiger charge is 2.29. The zero-order valence-corrected chi connectivity index (χ0v) is 7.99. The molecular weight excluding hydrogens is 232 g/mol. The van der Waals surface area contributed by atoms with E-state index < -0.39 is 28.7 Å². The molecule has 0 fully saturated rings. The first-order chi connectivity index (χ1) is 6.95. The van der Waals surface area contributed by atoms with Crippen molar-refractivity contribution >= 4 is 17.3 Å². The van der Waals surface area contributed by atoms with Crippen LogP contribution in [0.3, 0.4) is 0 Å². The summed E-state index contributed by atoms with van der Waals surface area (Å²) in [5.74, 6) is 0. The smallest absolute Gasteiger partial charge is 0.276 e. The van der Waals surface area contributed by atoms with Gasteiger partial charge in [-0.15, -0.1) is 0 Å². The van der Waals surface area contributed by atoms with Gasteiger partial charge in [-0.2, -0.15) is 0 Å². The topological polar surface area (TPSA) is 63.4 Å². The Hall–Kier alpha value is -1.27. The van der Waals surface area contributed by atoms with Crippen LogP contribution in [-0.2, 0) is 0 Å². The number of aliphatic hydroxyl groups excluding tert-OH is 1. The Labute approximate surface area is 88.2 Å². The zero-order chi connectivity index (χ0) is 11.6. The highest BCUT2D eigenvalue weighted by molar-refractivity contribution is 6.31. The highest BCUT2D eigenvalue weighted by atomic mass is 35.5. The van der Waals surface area contributed by atoms with Crippen LogP contribution in [0.15, 0.2) is 18.2 Å². The largest absolute Gasteiger partial charge is 0.382 e. The van der Waals surface area contributed by atoms with E-state index in [1.807, 2.05) is 0 Å². The molecule has 0 radical (unpaired) electrons. The first-order valence-corrected chi connectivity index (χ1v) is 4.22. The Morgan fingerprint density at radius 1 is 1.47 bits per heavy atom. The van der Waals surface area contributed by atoms with E-state index in [9.17, 15) is 18.9 Å². The molecule has 1 unspecified atom stereocenters. The summed E-state index contributed by atoms with van der Waals surface area (Å²) in [4.78, 5) is 9.62. The minimum Gasteiger partial charge on any atom is -0.382 e. The van der Waals surface area contributed by atoms with Gasteiger partial charge in [-0.05, 0) is 6.07 Å². The maximum absolute atomic E-state index is 12.2.